The summed E-state index contributed by atoms with van der Waals surface area (Å²) in [5.74, 6) is 0. The van der Waals surface area contributed by atoms with Gasteiger partial charge in [0.15, 0.2) is 0 Å². The van der Waals surface area contributed by atoms with Crippen LogP contribution in [0.1, 0.15) is 23.3 Å². The van der Waals surface area contributed by atoms with Gasteiger partial charge >= 0.3 is 0 Å². The molecule has 0 fully saturated rings. The van der Waals surface area contributed by atoms with Crippen molar-refractivity contribution < 1.29 is 9.60 Å². The second-order valence-electron chi connectivity index (χ2n) is 0.349. The minimum atomic E-state index is -2.90. The van der Waals surface area contributed by atoms with Crippen LogP contribution in [0.25, 0.3) is 0 Å². The van der Waals surface area contributed by atoms with Gasteiger partial charge in [0.2, 0.25) is 0 Å². The second-order valence-corrected chi connectivity index (χ2v) is 0.796. The molecule has 0 unspecified atom stereocenters. The van der Waals surface area contributed by atoms with E-state index in [1.807, 2.05) is 0 Å². The molecule has 0 aromatic carbocycles. The normalized spacial score (nSPS) is 43.8. The van der Waals surface area contributed by atoms with E-state index in [9.17, 15) is 0 Å². The van der Waals surface area contributed by atoms with Crippen LogP contribution < -0.4 is 0 Å². The topological polar surface area (TPSA) is 0 Å². The highest BCUT2D eigenvalue weighted by Crippen LogP contribution is 1.83. The van der Waals surface area contributed by atoms with Crippen LogP contribution >= 0.6 is 12.6 Å². The third-order valence-corrected chi connectivity index (χ3v) is 0. The van der Waals surface area contributed by atoms with Gasteiger partial charge < -0.3 is 0 Å². The minimum absolute atomic E-state index is 2.68. The van der Waals surface area contributed by atoms with E-state index in [1.165, 1.54) is 0 Å². The standard InChI is InChI=1S/C3H8S/c1-3(2)4/h3-4H,1-2H3/i1D3,2D3,3D. The van der Waals surface area contributed by atoms with E-state index in [4.69, 9.17) is 9.60 Å². The molecule has 26 valence electrons. The average Bonchev–Trinajstić information content (AvgIpc) is 1.58. The molecule has 0 heterocycles. The van der Waals surface area contributed by atoms with Gasteiger partial charge in [0, 0.05) is 9.60 Å². The predicted molar refractivity (Wildman–Crippen MR) is 24.1 cm³/mol. The quantitative estimate of drug-likeness (QED) is 0.420. The van der Waals surface area contributed by atoms with Crippen LogP contribution in [0.15, 0.2) is 0 Å². The van der Waals surface area contributed by atoms with E-state index in [-0.39, 0.29) is 0 Å². The van der Waals surface area contributed by atoms with Crippen molar-refractivity contribution in [2.24, 2.45) is 0 Å². The monoisotopic (exact) mass is 83.1 g/mol. The molecule has 0 aliphatic rings. The summed E-state index contributed by atoms with van der Waals surface area (Å²) in [6, 6.07) is 0. The molecule has 1 heteroatoms. The van der Waals surface area contributed by atoms with Crippen molar-refractivity contribution in [1.29, 1.82) is 0 Å². The Balaban J connectivity index is 4.75. The molecular weight excluding hydrogens is 68.1 g/mol. The van der Waals surface area contributed by atoms with Crippen LogP contribution in [-0.2, 0) is 0 Å². The van der Waals surface area contributed by atoms with Gasteiger partial charge in [-0.2, -0.15) is 12.6 Å². The van der Waals surface area contributed by atoms with Crippen LogP contribution in [0.2, 0.25) is 0 Å². The van der Waals surface area contributed by atoms with E-state index >= 15 is 0 Å². The maximum atomic E-state index is 6.97. The molecular formula is C3H8S. The molecule has 0 radical (unpaired) electrons. The summed E-state index contributed by atoms with van der Waals surface area (Å²) in [5, 5.41) is -2.68. The minimum Gasteiger partial charge on any atom is -0.177 e. The third kappa shape index (κ3) is 35.0. The molecule has 0 rings (SSSR count). The summed E-state index contributed by atoms with van der Waals surface area (Å²) < 4.78 is 47.2. The fourth-order valence-electron chi connectivity index (χ4n) is 0. The van der Waals surface area contributed by atoms with Crippen LogP contribution in [0, 0.1) is 0 Å². The number of thiol groups is 1. The van der Waals surface area contributed by atoms with Crippen LogP contribution in [0.5, 0.6) is 0 Å². The van der Waals surface area contributed by atoms with Gasteiger partial charge in [0.25, 0.3) is 0 Å². The zero-order valence-electron chi connectivity index (χ0n) is 8.95. The molecule has 0 spiro atoms. The van der Waals surface area contributed by atoms with E-state index < -0.39 is 18.9 Å². The Morgan fingerprint density at radius 1 is 2.25 bits per heavy atom. The van der Waals surface area contributed by atoms with E-state index in [0.717, 1.165) is 0 Å². The molecule has 0 bridgehead atoms. The fourth-order valence-corrected chi connectivity index (χ4v) is 0. The molecule has 0 amide bonds. The van der Waals surface area contributed by atoms with Crippen LogP contribution in [0.3, 0.4) is 0 Å². The number of rotatable bonds is 0. The molecule has 0 atom stereocenters. The van der Waals surface area contributed by atoms with Crippen molar-refractivity contribution in [1.82, 2.24) is 0 Å². The Morgan fingerprint density at radius 3 is 2.75 bits per heavy atom. The first-order valence-corrected chi connectivity index (χ1v) is 1.17. The Labute approximate surface area is 42.5 Å². The summed E-state index contributed by atoms with van der Waals surface area (Å²) in [7, 11) is 0. The number of hydrogen-bond acceptors (Lipinski definition) is 1. The molecule has 0 aliphatic carbocycles. The van der Waals surface area contributed by atoms with Crippen molar-refractivity contribution in [2.75, 3.05) is 0 Å². The van der Waals surface area contributed by atoms with Gasteiger partial charge in [0.05, 0.1) is 0 Å². The summed E-state index contributed by atoms with van der Waals surface area (Å²) in [4.78, 5) is 0. The first kappa shape index (κ1) is 0.456. The highest BCUT2D eigenvalue weighted by atomic mass is 32.1. The molecule has 0 nitrogen and oxygen atoms in total. The second kappa shape index (κ2) is 1.65. The molecule has 0 saturated heterocycles. The lowest BCUT2D eigenvalue weighted by molar-refractivity contribution is 1.13. The first-order valence-electron chi connectivity index (χ1n) is 4.22. The Hall–Kier alpha value is 0.350. The smallest absolute Gasteiger partial charge is 0.0408 e. The van der Waals surface area contributed by atoms with Gasteiger partial charge in [0.1, 0.15) is 0 Å². The average molecular weight is 83.2 g/mol. The fraction of sp³-hybridized carbons (Fsp3) is 1.00. The molecule has 0 N–H and O–H groups in total. The van der Waals surface area contributed by atoms with E-state index in [2.05, 4.69) is 12.6 Å². The highest BCUT2D eigenvalue weighted by Gasteiger charge is 1.69. The van der Waals surface area contributed by atoms with Crippen molar-refractivity contribution in [3.63, 3.8) is 0 Å². The van der Waals surface area contributed by atoms with Crippen LogP contribution in [-0.4, -0.2) is 5.23 Å². The van der Waals surface area contributed by atoms with Crippen molar-refractivity contribution >= 4 is 12.6 Å². The number of hydrogen-bond donors (Lipinski definition) is 1. The van der Waals surface area contributed by atoms with Gasteiger partial charge in [-0.1, -0.05) is 13.7 Å². The van der Waals surface area contributed by atoms with Crippen LogP contribution in [0.4, 0.5) is 0 Å². The van der Waals surface area contributed by atoms with Gasteiger partial charge in [-0.25, -0.2) is 0 Å². The van der Waals surface area contributed by atoms with Gasteiger partial charge in [-0.3, -0.25) is 0 Å². The maximum Gasteiger partial charge on any atom is 0.0408 e. The molecule has 0 saturated carbocycles. The predicted octanol–water partition coefficient (Wildman–Crippen LogP) is 1.32. The Kier molecular flexibility index (Phi) is 0.188. The SMILES string of the molecule is [2H]C([2H])([2H])C([2H])(S)C([2H])([2H])[2H]. The highest BCUT2D eigenvalue weighted by molar-refractivity contribution is 7.80. The zero-order chi connectivity index (χ0) is 9.50. The van der Waals surface area contributed by atoms with E-state index in [0.29, 0.717) is 0 Å². The van der Waals surface area contributed by atoms with Crippen molar-refractivity contribution in [2.45, 2.75) is 18.9 Å². The van der Waals surface area contributed by atoms with Crippen molar-refractivity contribution in [3.05, 3.63) is 0 Å². The molecule has 0 aliphatic heterocycles. The zero-order valence-corrected chi connectivity index (χ0v) is 2.84. The molecule has 4 heavy (non-hydrogen) atoms. The van der Waals surface area contributed by atoms with Crippen molar-refractivity contribution in [3.8, 4) is 0 Å². The molecule has 0 aromatic heterocycles. The Morgan fingerprint density at radius 2 is 2.75 bits per heavy atom. The summed E-state index contributed by atoms with van der Waals surface area (Å²) in [6.07, 6.45) is 0. The lowest BCUT2D eigenvalue weighted by atomic mass is 10.6. The lowest BCUT2D eigenvalue weighted by Gasteiger charge is -1.78. The first-order chi connectivity index (χ1) is 4.50. The van der Waals surface area contributed by atoms with E-state index in [1.54, 1.807) is 0 Å². The maximum absolute atomic E-state index is 6.97. The lowest BCUT2D eigenvalue weighted by Crippen LogP contribution is -1.71. The summed E-state index contributed by atoms with van der Waals surface area (Å²) in [6.45, 7) is -5.80. The van der Waals surface area contributed by atoms with Gasteiger partial charge in [-0.05, 0) is 5.23 Å². The summed E-state index contributed by atoms with van der Waals surface area (Å²) in [5.41, 5.74) is 0. The largest absolute Gasteiger partial charge is 0.177 e. The third-order valence-electron chi connectivity index (χ3n) is 0. The van der Waals surface area contributed by atoms with Gasteiger partial charge in [-0.15, -0.1) is 0 Å². The summed E-state index contributed by atoms with van der Waals surface area (Å²) >= 11 is 3.29. The Bertz CT molecular complexity index is 125. The molecule has 0 aromatic rings.